The van der Waals surface area contributed by atoms with E-state index in [1.165, 1.54) is 5.56 Å². The molecular weight excluding hydrogens is 298 g/mol. The van der Waals surface area contributed by atoms with E-state index in [1.807, 2.05) is 18.2 Å². The molecule has 0 unspecified atom stereocenters. The fourth-order valence-electron chi connectivity index (χ4n) is 3.01. The zero-order valence-electron chi connectivity index (χ0n) is 13.5. The van der Waals surface area contributed by atoms with E-state index in [0.29, 0.717) is 13.1 Å². The molecule has 1 atom stereocenters. The highest BCUT2D eigenvalue weighted by Crippen LogP contribution is 2.26. The van der Waals surface area contributed by atoms with E-state index in [9.17, 15) is 13.5 Å². The lowest BCUT2D eigenvalue weighted by molar-refractivity contribution is 0.0694. The van der Waals surface area contributed by atoms with Crippen molar-refractivity contribution in [2.45, 2.75) is 50.9 Å². The van der Waals surface area contributed by atoms with Crippen molar-refractivity contribution in [1.29, 1.82) is 0 Å². The van der Waals surface area contributed by atoms with Gasteiger partial charge in [0.25, 0.3) is 0 Å². The van der Waals surface area contributed by atoms with E-state index >= 15 is 0 Å². The van der Waals surface area contributed by atoms with Crippen molar-refractivity contribution in [3.8, 4) is 0 Å². The third kappa shape index (κ3) is 4.31. The number of sulfonamides is 1. The van der Waals surface area contributed by atoms with Crippen LogP contribution in [0.4, 0.5) is 0 Å². The molecule has 1 N–H and O–H groups in total. The minimum absolute atomic E-state index is 0.210. The highest BCUT2D eigenvalue weighted by Gasteiger charge is 2.32. The SMILES string of the molecule is CC(C)S(=O)(=O)N1CCC([C@H](O)CCc2ccccc2)CC1. The zero-order valence-corrected chi connectivity index (χ0v) is 14.3. The summed E-state index contributed by atoms with van der Waals surface area (Å²) in [4.78, 5) is 0. The molecule has 2 rings (SSSR count). The van der Waals surface area contributed by atoms with Gasteiger partial charge in [0.05, 0.1) is 11.4 Å². The monoisotopic (exact) mass is 325 g/mol. The van der Waals surface area contributed by atoms with Crippen LogP contribution in [-0.2, 0) is 16.4 Å². The quantitative estimate of drug-likeness (QED) is 0.874. The molecule has 0 aromatic heterocycles. The van der Waals surface area contributed by atoms with Gasteiger partial charge in [0, 0.05) is 13.1 Å². The molecule has 0 aliphatic carbocycles. The molecule has 0 spiro atoms. The molecule has 22 heavy (non-hydrogen) atoms. The average molecular weight is 325 g/mol. The molecule has 0 amide bonds. The van der Waals surface area contributed by atoms with Crippen LogP contribution in [0.25, 0.3) is 0 Å². The van der Waals surface area contributed by atoms with Gasteiger partial charge in [-0.2, -0.15) is 0 Å². The third-order valence-corrected chi connectivity index (χ3v) is 6.85. The van der Waals surface area contributed by atoms with Gasteiger partial charge in [-0.15, -0.1) is 0 Å². The standard InChI is InChI=1S/C17H27NO3S/c1-14(2)22(20,21)18-12-10-16(11-13-18)17(19)9-8-15-6-4-3-5-7-15/h3-7,14,16-17,19H,8-13H2,1-2H3/t17-/m1/s1. The fourth-order valence-corrected chi connectivity index (χ4v) is 4.32. The lowest BCUT2D eigenvalue weighted by atomic mass is 9.89. The number of aliphatic hydroxyl groups excluding tert-OH is 1. The summed E-state index contributed by atoms with van der Waals surface area (Å²) < 4.78 is 25.9. The minimum Gasteiger partial charge on any atom is -0.393 e. The number of piperidine rings is 1. The van der Waals surface area contributed by atoms with Gasteiger partial charge in [-0.05, 0) is 51.0 Å². The lowest BCUT2D eigenvalue weighted by Crippen LogP contribution is -2.43. The van der Waals surface area contributed by atoms with Crippen molar-refractivity contribution in [3.63, 3.8) is 0 Å². The molecule has 1 aliphatic heterocycles. The van der Waals surface area contributed by atoms with E-state index in [2.05, 4.69) is 12.1 Å². The number of aliphatic hydroxyl groups is 1. The molecule has 124 valence electrons. The van der Waals surface area contributed by atoms with Crippen LogP contribution in [0.5, 0.6) is 0 Å². The van der Waals surface area contributed by atoms with E-state index in [0.717, 1.165) is 25.7 Å². The van der Waals surface area contributed by atoms with Gasteiger partial charge >= 0.3 is 0 Å². The van der Waals surface area contributed by atoms with Gasteiger partial charge in [-0.3, -0.25) is 0 Å². The number of nitrogens with zero attached hydrogens (tertiary/aromatic N) is 1. The molecule has 0 radical (unpaired) electrons. The Balaban J connectivity index is 1.81. The molecule has 1 saturated heterocycles. The Labute approximate surface area is 134 Å². The van der Waals surface area contributed by atoms with Crippen molar-refractivity contribution in [2.24, 2.45) is 5.92 Å². The number of rotatable bonds is 6. The predicted molar refractivity (Wildman–Crippen MR) is 89.1 cm³/mol. The Hall–Kier alpha value is -0.910. The molecule has 5 heteroatoms. The second-order valence-corrected chi connectivity index (χ2v) is 8.91. The Morgan fingerprint density at radius 1 is 1.18 bits per heavy atom. The summed E-state index contributed by atoms with van der Waals surface area (Å²) in [6, 6.07) is 10.2. The maximum atomic E-state index is 12.1. The van der Waals surface area contributed by atoms with Gasteiger partial charge in [-0.25, -0.2) is 12.7 Å². The Kier molecular flexibility index (Phi) is 6.01. The number of benzene rings is 1. The first kappa shape index (κ1) is 17.4. The van der Waals surface area contributed by atoms with Crippen LogP contribution in [0.2, 0.25) is 0 Å². The summed E-state index contributed by atoms with van der Waals surface area (Å²) in [6.07, 6.45) is 2.77. The Morgan fingerprint density at radius 3 is 2.32 bits per heavy atom. The number of aryl methyl sites for hydroxylation is 1. The predicted octanol–water partition coefficient (Wildman–Crippen LogP) is 2.43. The van der Waals surface area contributed by atoms with Crippen LogP contribution in [-0.4, -0.2) is 42.3 Å². The maximum Gasteiger partial charge on any atom is 0.216 e. The Morgan fingerprint density at radius 2 is 1.77 bits per heavy atom. The average Bonchev–Trinajstić information content (AvgIpc) is 2.53. The summed E-state index contributed by atoms with van der Waals surface area (Å²) in [7, 11) is -3.15. The number of hydrogen-bond donors (Lipinski definition) is 1. The molecule has 1 fully saturated rings. The fraction of sp³-hybridized carbons (Fsp3) is 0.647. The van der Waals surface area contributed by atoms with Crippen LogP contribution in [0, 0.1) is 5.92 Å². The zero-order chi connectivity index (χ0) is 16.2. The van der Waals surface area contributed by atoms with Gasteiger partial charge in [0.2, 0.25) is 10.0 Å². The molecular formula is C17H27NO3S. The molecule has 1 aliphatic rings. The van der Waals surface area contributed by atoms with Crippen LogP contribution in [0.3, 0.4) is 0 Å². The van der Waals surface area contributed by atoms with Gasteiger partial charge in [-0.1, -0.05) is 30.3 Å². The normalized spacial score (nSPS) is 19.5. The molecule has 1 heterocycles. The van der Waals surface area contributed by atoms with E-state index < -0.39 is 10.0 Å². The van der Waals surface area contributed by atoms with Crippen LogP contribution < -0.4 is 0 Å². The van der Waals surface area contributed by atoms with Gasteiger partial charge in [0.15, 0.2) is 0 Å². The second kappa shape index (κ2) is 7.57. The topological polar surface area (TPSA) is 57.6 Å². The van der Waals surface area contributed by atoms with Crippen molar-refractivity contribution in [2.75, 3.05) is 13.1 Å². The van der Waals surface area contributed by atoms with Crippen molar-refractivity contribution in [1.82, 2.24) is 4.31 Å². The lowest BCUT2D eigenvalue weighted by Gasteiger charge is -2.34. The summed E-state index contributed by atoms with van der Waals surface area (Å²) >= 11 is 0. The van der Waals surface area contributed by atoms with Crippen LogP contribution in [0.1, 0.15) is 38.7 Å². The van der Waals surface area contributed by atoms with E-state index in [-0.39, 0.29) is 17.3 Å². The summed E-state index contributed by atoms with van der Waals surface area (Å²) in [5.41, 5.74) is 1.24. The maximum absolute atomic E-state index is 12.1. The molecule has 1 aromatic rings. The molecule has 0 saturated carbocycles. The van der Waals surface area contributed by atoms with Crippen LogP contribution >= 0.6 is 0 Å². The van der Waals surface area contributed by atoms with Crippen molar-refractivity contribution < 1.29 is 13.5 Å². The molecule has 1 aromatic carbocycles. The van der Waals surface area contributed by atoms with Gasteiger partial charge in [0.1, 0.15) is 0 Å². The Bertz CT molecular complexity index is 549. The van der Waals surface area contributed by atoms with E-state index in [4.69, 9.17) is 0 Å². The summed E-state index contributed by atoms with van der Waals surface area (Å²) in [5.74, 6) is 0.210. The van der Waals surface area contributed by atoms with Crippen molar-refractivity contribution >= 4 is 10.0 Å². The highest BCUT2D eigenvalue weighted by molar-refractivity contribution is 7.89. The highest BCUT2D eigenvalue weighted by atomic mass is 32.2. The first-order valence-electron chi connectivity index (χ1n) is 8.12. The first-order chi connectivity index (χ1) is 10.4. The first-order valence-corrected chi connectivity index (χ1v) is 9.62. The van der Waals surface area contributed by atoms with Crippen LogP contribution in [0.15, 0.2) is 30.3 Å². The minimum atomic E-state index is -3.15. The largest absolute Gasteiger partial charge is 0.393 e. The second-order valence-electron chi connectivity index (χ2n) is 6.42. The van der Waals surface area contributed by atoms with Gasteiger partial charge < -0.3 is 5.11 Å². The summed E-state index contributed by atoms with van der Waals surface area (Å²) in [5, 5.41) is 10.00. The molecule has 4 nitrogen and oxygen atoms in total. The van der Waals surface area contributed by atoms with E-state index in [1.54, 1.807) is 18.2 Å². The third-order valence-electron chi connectivity index (χ3n) is 4.57. The molecule has 0 bridgehead atoms. The number of hydrogen-bond acceptors (Lipinski definition) is 3. The van der Waals surface area contributed by atoms with Crippen molar-refractivity contribution in [3.05, 3.63) is 35.9 Å². The smallest absolute Gasteiger partial charge is 0.216 e. The summed E-state index contributed by atoms with van der Waals surface area (Å²) in [6.45, 7) is 4.51.